The molecule has 5 nitrogen and oxygen atoms in total. The number of hydrogen-bond acceptors (Lipinski definition) is 3. The molecule has 1 aromatic carbocycles. The molecule has 0 aliphatic heterocycles. The van der Waals surface area contributed by atoms with E-state index in [0.29, 0.717) is 11.3 Å². The predicted octanol–water partition coefficient (Wildman–Crippen LogP) is 2.54. The molecule has 0 heterocycles. The van der Waals surface area contributed by atoms with E-state index in [1.165, 1.54) is 0 Å². The Bertz CT molecular complexity index is 504. The van der Waals surface area contributed by atoms with Crippen molar-refractivity contribution in [2.75, 3.05) is 11.9 Å². The maximum Gasteiger partial charge on any atom is 0.251 e. The van der Waals surface area contributed by atoms with Gasteiger partial charge in [0.1, 0.15) is 0 Å². The topological polar surface area (TPSA) is 70.2 Å². The minimum atomic E-state index is -0.105. The van der Waals surface area contributed by atoms with Gasteiger partial charge >= 0.3 is 0 Å². The SMILES string of the molecule is CCC(C)NC(=O)c1ccc(NC(=O)CNC(C)(C)C)cc1. The summed E-state index contributed by atoms with van der Waals surface area (Å²) in [6.45, 7) is 10.3. The van der Waals surface area contributed by atoms with Crippen molar-refractivity contribution >= 4 is 17.5 Å². The van der Waals surface area contributed by atoms with Gasteiger partial charge in [-0.25, -0.2) is 0 Å². The molecule has 0 aliphatic rings. The van der Waals surface area contributed by atoms with Gasteiger partial charge in [0.15, 0.2) is 0 Å². The first kappa shape index (κ1) is 18.2. The van der Waals surface area contributed by atoms with E-state index in [9.17, 15) is 9.59 Å². The van der Waals surface area contributed by atoms with Crippen molar-refractivity contribution in [1.82, 2.24) is 10.6 Å². The third kappa shape index (κ3) is 6.72. The standard InChI is InChI=1S/C17H27N3O2/c1-6-12(2)19-16(22)13-7-9-14(10-8-13)20-15(21)11-18-17(3,4)5/h7-10,12,18H,6,11H2,1-5H3,(H,19,22)(H,20,21). The molecule has 0 aliphatic carbocycles. The smallest absolute Gasteiger partial charge is 0.251 e. The first-order valence-electron chi connectivity index (χ1n) is 7.67. The van der Waals surface area contributed by atoms with Crippen molar-refractivity contribution in [3.05, 3.63) is 29.8 Å². The molecule has 22 heavy (non-hydrogen) atoms. The average molecular weight is 305 g/mol. The second kappa shape index (κ2) is 7.94. The summed E-state index contributed by atoms with van der Waals surface area (Å²) in [6.07, 6.45) is 0.890. The van der Waals surface area contributed by atoms with E-state index in [1.54, 1.807) is 24.3 Å². The van der Waals surface area contributed by atoms with Crippen LogP contribution in [0.2, 0.25) is 0 Å². The number of rotatable bonds is 6. The highest BCUT2D eigenvalue weighted by Crippen LogP contribution is 2.10. The molecule has 0 fully saturated rings. The van der Waals surface area contributed by atoms with E-state index in [0.717, 1.165) is 6.42 Å². The summed E-state index contributed by atoms with van der Waals surface area (Å²) in [5.41, 5.74) is 1.17. The van der Waals surface area contributed by atoms with Crippen LogP contribution in [0.1, 0.15) is 51.4 Å². The summed E-state index contributed by atoms with van der Waals surface area (Å²) in [4.78, 5) is 23.8. The summed E-state index contributed by atoms with van der Waals surface area (Å²) in [5.74, 6) is -0.201. The lowest BCUT2D eigenvalue weighted by Gasteiger charge is -2.20. The Morgan fingerprint density at radius 1 is 1.14 bits per heavy atom. The third-order valence-electron chi connectivity index (χ3n) is 3.20. The first-order valence-corrected chi connectivity index (χ1v) is 7.67. The van der Waals surface area contributed by atoms with Crippen molar-refractivity contribution in [1.29, 1.82) is 0 Å². The zero-order valence-corrected chi connectivity index (χ0v) is 14.1. The molecule has 1 rings (SSSR count). The Hall–Kier alpha value is -1.88. The molecule has 1 unspecified atom stereocenters. The van der Waals surface area contributed by atoms with Crippen molar-refractivity contribution in [3.63, 3.8) is 0 Å². The van der Waals surface area contributed by atoms with Gasteiger partial charge in [0.25, 0.3) is 5.91 Å². The Morgan fingerprint density at radius 3 is 2.23 bits per heavy atom. The lowest BCUT2D eigenvalue weighted by atomic mass is 10.1. The van der Waals surface area contributed by atoms with Gasteiger partial charge in [-0.1, -0.05) is 6.92 Å². The van der Waals surface area contributed by atoms with E-state index in [-0.39, 0.29) is 29.9 Å². The fourth-order valence-electron chi connectivity index (χ4n) is 1.66. The van der Waals surface area contributed by atoms with Crippen molar-refractivity contribution in [3.8, 4) is 0 Å². The zero-order chi connectivity index (χ0) is 16.8. The summed E-state index contributed by atoms with van der Waals surface area (Å²) in [6, 6.07) is 7.05. The number of nitrogens with one attached hydrogen (secondary N) is 3. The highest BCUT2D eigenvalue weighted by atomic mass is 16.2. The molecule has 2 amide bonds. The van der Waals surface area contributed by atoms with Crippen LogP contribution in [0.15, 0.2) is 24.3 Å². The summed E-state index contributed by atoms with van der Waals surface area (Å²) in [7, 11) is 0. The van der Waals surface area contributed by atoms with Gasteiger partial charge in [-0.2, -0.15) is 0 Å². The van der Waals surface area contributed by atoms with E-state index in [1.807, 2.05) is 34.6 Å². The molecule has 0 saturated heterocycles. The molecule has 122 valence electrons. The van der Waals surface area contributed by atoms with Gasteiger partial charge in [-0.15, -0.1) is 0 Å². The van der Waals surface area contributed by atoms with Gasteiger partial charge in [0.2, 0.25) is 5.91 Å². The molecular formula is C17H27N3O2. The van der Waals surface area contributed by atoms with Crippen LogP contribution in [-0.4, -0.2) is 29.9 Å². The van der Waals surface area contributed by atoms with Crippen LogP contribution in [0.25, 0.3) is 0 Å². The molecule has 3 N–H and O–H groups in total. The number of hydrogen-bond donors (Lipinski definition) is 3. The van der Waals surface area contributed by atoms with E-state index in [2.05, 4.69) is 16.0 Å². The Kier molecular flexibility index (Phi) is 6.56. The van der Waals surface area contributed by atoms with Gasteiger partial charge in [-0.05, 0) is 58.4 Å². The highest BCUT2D eigenvalue weighted by Gasteiger charge is 2.12. The minimum Gasteiger partial charge on any atom is -0.350 e. The van der Waals surface area contributed by atoms with E-state index >= 15 is 0 Å². The minimum absolute atomic E-state index is 0.0957. The lowest BCUT2D eigenvalue weighted by Crippen LogP contribution is -2.41. The van der Waals surface area contributed by atoms with Crippen LogP contribution in [0.5, 0.6) is 0 Å². The normalized spacial score (nSPS) is 12.6. The van der Waals surface area contributed by atoms with Crippen LogP contribution in [0.4, 0.5) is 5.69 Å². The van der Waals surface area contributed by atoms with Crippen LogP contribution in [-0.2, 0) is 4.79 Å². The van der Waals surface area contributed by atoms with Gasteiger partial charge in [-0.3, -0.25) is 9.59 Å². The summed E-state index contributed by atoms with van der Waals surface area (Å²) >= 11 is 0. The van der Waals surface area contributed by atoms with Crippen molar-refractivity contribution < 1.29 is 9.59 Å². The highest BCUT2D eigenvalue weighted by molar-refractivity contribution is 5.96. The first-order chi connectivity index (χ1) is 10.2. The summed E-state index contributed by atoms with van der Waals surface area (Å²) < 4.78 is 0. The Labute approximate surface area is 132 Å². The van der Waals surface area contributed by atoms with Crippen molar-refractivity contribution in [2.24, 2.45) is 0 Å². The molecule has 5 heteroatoms. The fraction of sp³-hybridized carbons (Fsp3) is 0.529. The Morgan fingerprint density at radius 2 is 1.73 bits per heavy atom. The fourth-order valence-corrected chi connectivity index (χ4v) is 1.66. The number of carbonyl (C=O) groups is 2. The number of benzene rings is 1. The average Bonchev–Trinajstić information content (AvgIpc) is 2.45. The van der Waals surface area contributed by atoms with E-state index < -0.39 is 0 Å². The molecule has 0 saturated carbocycles. The number of anilines is 1. The lowest BCUT2D eigenvalue weighted by molar-refractivity contribution is -0.115. The second-order valence-corrected chi connectivity index (χ2v) is 6.51. The molecule has 1 aromatic rings. The molecule has 0 bridgehead atoms. The van der Waals surface area contributed by atoms with Crippen LogP contribution < -0.4 is 16.0 Å². The quantitative estimate of drug-likeness (QED) is 0.756. The van der Waals surface area contributed by atoms with Crippen LogP contribution >= 0.6 is 0 Å². The molecular weight excluding hydrogens is 278 g/mol. The van der Waals surface area contributed by atoms with Crippen LogP contribution in [0, 0.1) is 0 Å². The maximum absolute atomic E-state index is 12.0. The van der Waals surface area contributed by atoms with E-state index in [4.69, 9.17) is 0 Å². The monoisotopic (exact) mass is 305 g/mol. The molecule has 0 aromatic heterocycles. The number of amides is 2. The van der Waals surface area contributed by atoms with Crippen molar-refractivity contribution in [2.45, 2.75) is 52.6 Å². The second-order valence-electron chi connectivity index (χ2n) is 6.51. The number of carbonyl (C=O) groups excluding carboxylic acids is 2. The molecule has 0 radical (unpaired) electrons. The Balaban J connectivity index is 2.54. The van der Waals surface area contributed by atoms with Gasteiger partial charge < -0.3 is 16.0 Å². The zero-order valence-electron chi connectivity index (χ0n) is 14.1. The van der Waals surface area contributed by atoms with Crippen LogP contribution in [0.3, 0.4) is 0 Å². The third-order valence-corrected chi connectivity index (χ3v) is 3.20. The molecule has 1 atom stereocenters. The largest absolute Gasteiger partial charge is 0.350 e. The van der Waals surface area contributed by atoms with Gasteiger partial charge in [0, 0.05) is 22.8 Å². The van der Waals surface area contributed by atoms with Gasteiger partial charge in [0.05, 0.1) is 6.54 Å². The predicted molar refractivity (Wildman–Crippen MR) is 90.0 cm³/mol. The molecule has 0 spiro atoms. The summed E-state index contributed by atoms with van der Waals surface area (Å²) in [5, 5.41) is 8.83. The maximum atomic E-state index is 12.0.